The van der Waals surface area contributed by atoms with E-state index < -0.39 is 0 Å². The summed E-state index contributed by atoms with van der Waals surface area (Å²) in [6.45, 7) is 4.02. The summed E-state index contributed by atoms with van der Waals surface area (Å²) in [5.74, 6) is -0.804. The lowest BCUT2D eigenvalue weighted by atomic mass is 10.0. The number of fused-ring (bicyclic) bond motifs is 1. The molecule has 6 nitrogen and oxygen atoms in total. The van der Waals surface area contributed by atoms with Crippen LogP contribution in [0.25, 0.3) is 0 Å². The molecule has 1 aromatic heterocycles. The largest absolute Gasteiger partial charge is 0.376 e. The first-order chi connectivity index (χ1) is 17.0. The number of hydrogen-bond donors (Lipinski definition) is 0. The highest BCUT2D eigenvalue weighted by Crippen LogP contribution is 2.27. The van der Waals surface area contributed by atoms with E-state index in [0.717, 1.165) is 29.7 Å². The minimum atomic E-state index is -0.347. The smallest absolute Gasteiger partial charge is 0.261 e. The fraction of sp³-hybridized carbons (Fsp3) is 0.321. The molecular formula is C28H28N2O4S. The molecule has 0 N–H and O–H groups in total. The lowest BCUT2D eigenvalue weighted by molar-refractivity contribution is 0.0475. The van der Waals surface area contributed by atoms with Gasteiger partial charge in [-0.1, -0.05) is 30.3 Å². The Bertz CT molecular complexity index is 1250. The van der Waals surface area contributed by atoms with E-state index >= 15 is 0 Å². The first-order valence-corrected chi connectivity index (χ1v) is 12.8. The molecule has 35 heavy (non-hydrogen) atoms. The van der Waals surface area contributed by atoms with Crippen LogP contribution in [0.5, 0.6) is 0 Å². The van der Waals surface area contributed by atoms with Gasteiger partial charge < -0.3 is 9.64 Å². The Hall–Kier alpha value is -3.29. The Balaban J connectivity index is 1.37. The maximum absolute atomic E-state index is 13.6. The first kappa shape index (κ1) is 23.5. The molecular weight excluding hydrogens is 460 g/mol. The van der Waals surface area contributed by atoms with Crippen molar-refractivity contribution < 1.29 is 19.1 Å². The van der Waals surface area contributed by atoms with Gasteiger partial charge in [0.2, 0.25) is 0 Å². The molecule has 1 atom stereocenters. The zero-order valence-electron chi connectivity index (χ0n) is 19.7. The molecule has 1 unspecified atom stereocenters. The second kappa shape index (κ2) is 10.1. The summed E-state index contributed by atoms with van der Waals surface area (Å²) in [6, 6.07) is 19.1. The number of rotatable bonds is 8. The van der Waals surface area contributed by atoms with Crippen LogP contribution in [0.2, 0.25) is 0 Å². The molecule has 1 fully saturated rings. The molecule has 0 radical (unpaired) electrons. The Morgan fingerprint density at radius 2 is 1.86 bits per heavy atom. The molecule has 2 aliphatic rings. The van der Waals surface area contributed by atoms with Gasteiger partial charge in [0, 0.05) is 28.5 Å². The average Bonchev–Trinajstić information content (AvgIpc) is 3.60. The summed E-state index contributed by atoms with van der Waals surface area (Å²) in [5, 5.41) is 0. The third-order valence-electron chi connectivity index (χ3n) is 6.57. The lowest BCUT2D eigenvalue weighted by Crippen LogP contribution is -2.36. The van der Waals surface area contributed by atoms with Crippen molar-refractivity contribution in [3.05, 3.63) is 92.7 Å². The summed E-state index contributed by atoms with van der Waals surface area (Å²) >= 11 is 1.68. The van der Waals surface area contributed by atoms with Gasteiger partial charge in [-0.2, -0.15) is 0 Å². The van der Waals surface area contributed by atoms with Crippen molar-refractivity contribution in [3.63, 3.8) is 0 Å². The van der Waals surface area contributed by atoms with Crippen molar-refractivity contribution in [1.29, 1.82) is 0 Å². The predicted molar refractivity (Wildman–Crippen MR) is 135 cm³/mol. The fourth-order valence-corrected chi connectivity index (χ4v) is 5.59. The number of thiophene rings is 1. The highest BCUT2D eigenvalue weighted by atomic mass is 32.1. The Kier molecular flexibility index (Phi) is 6.79. The van der Waals surface area contributed by atoms with Crippen molar-refractivity contribution >= 4 is 29.1 Å². The molecule has 3 amide bonds. The van der Waals surface area contributed by atoms with E-state index in [1.54, 1.807) is 29.5 Å². The van der Waals surface area contributed by atoms with Crippen LogP contribution in [0.3, 0.4) is 0 Å². The summed E-state index contributed by atoms with van der Waals surface area (Å²) in [6.07, 6.45) is 2.40. The SMILES string of the molecule is Cc1ccc(CN(CCc2ccccc2)C(=O)c2ccc3c(c2)C(=O)N(CC2CCCO2)C3=O)s1. The van der Waals surface area contributed by atoms with E-state index in [4.69, 9.17) is 4.74 Å². The minimum Gasteiger partial charge on any atom is -0.376 e. The van der Waals surface area contributed by atoms with Gasteiger partial charge in [0.25, 0.3) is 17.7 Å². The van der Waals surface area contributed by atoms with Gasteiger partial charge in [0.15, 0.2) is 0 Å². The molecule has 0 bridgehead atoms. The van der Waals surface area contributed by atoms with Crippen molar-refractivity contribution in [2.75, 3.05) is 19.7 Å². The van der Waals surface area contributed by atoms with E-state index in [0.29, 0.717) is 36.4 Å². The monoisotopic (exact) mass is 488 g/mol. The van der Waals surface area contributed by atoms with Crippen molar-refractivity contribution in [3.8, 4) is 0 Å². The molecule has 0 aliphatic carbocycles. The second-order valence-electron chi connectivity index (χ2n) is 9.09. The summed E-state index contributed by atoms with van der Waals surface area (Å²) < 4.78 is 5.62. The molecule has 0 spiro atoms. The lowest BCUT2D eigenvalue weighted by Gasteiger charge is -2.22. The Labute approximate surface area is 209 Å². The molecule has 3 aromatic rings. The molecule has 2 aliphatic heterocycles. The van der Waals surface area contributed by atoms with E-state index in [1.807, 2.05) is 23.1 Å². The quantitative estimate of drug-likeness (QED) is 0.431. The highest BCUT2D eigenvalue weighted by molar-refractivity contribution is 7.11. The number of imide groups is 1. The van der Waals surface area contributed by atoms with Crippen molar-refractivity contribution in [2.24, 2.45) is 0 Å². The number of hydrogen-bond acceptors (Lipinski definition) is 5. The van der Waals surface area contributed by atoms with E-state index in [2.05, 4.69) is 31.2 Å². The molecule has 180 valence electrons. The summed E-state index contributed by atoms with van der Waals surface area (Å²) in [4.78, 5) is 45.0. The van der Waals surface area contributed by atoms with Gasteiger partial charge in [0.1, 0.15) is 0 Å². The second-order valence-corrected chi connectivity index (χ2v) is 10.5. The van der Waals surface area contributed by atoms with Crippen LogP contribution < -0.4 is 0 Å². The van der Waals surface area contributed by atoms with Gasteiger partial charge in [-0.05, 0) is 62.1 Å². The number of carbonyl (C=O) groups is 3. The summed E-state index contributed by atoms with van der Waals surface area (Å²) in [7, 11) is 0. The van der Waals surface area contributed by atoms with Crippen LogP contribution in [-0.2, 0) is 17.7 Å². The van der Waals surface area contributed by atoms with Crippen LogP contribution in [0, 0.1) is 6.92 Å². The van der Waals surface area contributed by atoms with Gasteiger partial charge in [-0.15, -0.1) is 11.3 Å². The predicted octanol–water partition coefficient (Wildman–Crippen LogP) is 4.72. The van der Waals surface area contributed by atoms with Gasteiger partial charge in [0.05, 0.1) is 30.3 Å². The average molecular weight is 489 g/mol. The molecule has 3 heterocycles. The molecule has 1 saturated heterocycles. The molecule has 7 heteroatoms. The topological polar surface area (TPSA) is 66.9 Å². The van der Waals surface area contributed by atoms with Crippen LogP contribution in [-0.4, -0.2) is 53.3 Å². The zero-order valence-corrected chi connectivity index (χ0v) is 20.6. The van der Waals surface area contributed by atoms with Gasteiger partial charge in [-0.25, -0.2) is 0 Å². The maximum Gasteiger partial charge on any atom is 0.261 e. The Morgan fingerprint density at radius 3 is 2.57 bits per heavy atom. The van der Waals surface area contributed by atoms with E-state index in [1.165, 1.54) is 9.78 Å². The number of amides is 3. The highest BCUT2D eigenvalue weighted by Gasteiger charge is 2.38. The van der Waals surface area contributed by atoms with Crippen LogP contribution in [0.15, 0.2) is 60.7 Å². The third kappa shape index (κ3) is 5.06. The first-order valence-electron chi connectivity index (χ1n) is 12.0. The molecule has 5 rings (SSSR count). The number of carbonyl (C=O) groups excluding carboxylic acids is 3. The zero-order chi connectivity index (χ0) is 24.4. The number of benzene rings is 2. The maximum atomic E-state index is 13.6. The molecule has 0 saturated carbocycles. The molecule has 2 aromatic carbocycles. The number of ether oxygens (including phenoxy) is 1. The standard InChI is InChI=1S/C28H28N2O4S/c1-19-9-11-23(35-19)18-29(14-13-20-6-3-2-4-7-20)26(31)21-10-12-24-25(16-21)28(33)30(27(24)32)17-22-8-5-15-34-22/h2-4,6-7,9-12,16,22H,5,8,13-15,17-18H2,1H3. The van der Waals surface area contributed by atoms with E-state index in [-0.39, 0.29) is 30.4 Å². The van der Waals surface area contributed by atoms with Crippen LogP contribution in [0.1, 0.15) is 59.2 Å². The van der Waals surface area contributed by atoms with Gasteiger partial charge >= 0.3 is 0 Å². The third-order valence-corrected chi connectivity index (χ3v) is 7.56. The van der Waals surface area contributed by atoms with Gasteiger partial charge in [-0.3, -0.25) is 19.3 Å². The van der Waals surface area contributed by atoms with Crippen molar-refractivity contribution in [1.82, 2.24) is 9.80 Å². The minimum absolute atomic E-state index is 0.110. The van der Waals surface area contributed by atoms with E-state index in [9.17, 15) is 14.4 Å². The summed E-state index contributed by atoms with van der Waals surface area (Å²) in [5.41, 5.74) is 2.24. The normalized spacial score (nSPS) is 17.2. The Morgan fingerprint density at radius 1 is 1.06 bits per heavy atom. The fourth-order valence-electron chi connectivity index (χ4n) is 4.68. The number of aryl methyl sites for hydroxylation is 1. The van der Waals surface area contributed by atoms with Crippen LogP contribution >= 0.6 is 11.3 Å². The van der Waals surface area contributed by atoms with Crippen molar-refractivity contribution in [2.45, 2.75) is 38.8 Å². The van der Waals surface area contributed by atoms with Crippen LogP contribution in [0.4, 0.5) is 0 Å². The number of nitrogens with zero attached hydrogens (tertiary/aromatic N) is 2.